The zero-order valence-electron chi connectivity index (χ0n) is 10.2. The third-order valence-corrected chi connectivity index (χ3v) is 2.05. The van der Waals surface area contributed by atoms with Crippen LogP contribution in [0.3, 0.4) is 0 Å². The highest BCUT2D eigenvalue weighted by molar-refractivity contribution is 5.76. The molecule has 0 fully saturated rings. The Morgan fingerprint density at radius 2 is 2.29 bits per heavy atom. The van der Waals surface area contributed by atoms with Crippen LogP contribution in [0.2, 0.25) is 0 Å². The molecular formula is C11H18N4O2. The molecule has 0 saturated heterocycles. The lowest BCUT2D eigenvalue weighted by Gasteiger charge is -2.06. The molecular weight excluding hydrogens is 220 g/mol. The van der Waals surface area contributed by atoms with E-state index in [0.717, 1.165) is 6.42 Å². The van der Waals surface area contributed by atoms with Crippen LogP contribution in [0.15, 0.2) is 12.3 Å². The topological polar surface area (TPSA) is 76.1 Å². The van der Waals surface area contributed by atoms with E-state index in [1.807, 2.05) is 6.92 Å². The first-order chi connectivity index (χ1) is 8.26. The lowest BCUT2D eigenvalue weighted by atomic mass is 10.4. The van der Waals surface area contributed by atoms with E-state index >= 15 is 0 Å². The zero-order chi connectivity index (χ0) is 12.5. The molecule has 1 heterocycles. The van der Waals surface area contributed by atoms with Crippen molar-refractivity contribution < 1.29 is 9.53 Å². The van der Waals surface area contributed by atoms with Crippen LogP contribution < -0.4 is 15.4 Å². The number of nitrogens with zero attached hydrogens (tertiary/aromatic N) is 2. The number of carbonyl (C=O) groups excluding carboxylic acids is 1. The molecule has 1 aromatic heterocycles. The van der Waals surface area contributed by atoms with Crippen molar-refractivity contribution in [3.8, 4) is 5.88 Å². The highest BCUT2D eigenvalue weighted by atomic mass is 16.5. The number of rotatable bonds is 7. The summed E-state index contributed by atoms with van der Waals surface area (Å²) in [6, 6.07) is 1.67. The zero-order valence-corrected chi connectivity index (χ0v) is 10.2. The van der Waals surface area contributed by atoms with Gasteiger partial charge in [0.05, 0.1) is 7.11 Å². The van der Waals surface area contributed by atoms with Crippen LogP contribution in [-0.2, 0) is 4.79 Å². The van der Waals surface area contributed by atoms with Gasteiger partial charge in [0.25, 0.3) is 0 Å². The lowest BCUT2D eigenvalue weighted by Crippen LogP contribution is -2.26. The second kappa shape index (κ2) is 7.43. The smallest absolute Gasteiger partial charge is 0.225 e. The van der Waals surface area contributed by atoms with Crippen LogP contribution in [0.25, 0.3) is 0 Å². The number of methoxy groups -OCH3 is 1. The third-order valence-electron chi connectivity index (χ3n) is 2.05. The van der Waals surface area contributed by atoms with Crippen molar-refractivity contribution in [3.63, 3.8) is 0 Å². The molecule has 1 amide bonds. The fraction of sp³-hybridized carbons (Fsp3) is 0.545. The minimum absolute atomic E-state index is 0.0299. The van der Waals surface area contributed by atoms with Gasteiger partial charge in [0.15, 0.2) is 0 Å². The number of ether oxygens (including phenoxy) is 1. The van der Waals surface area contributed by atoms with E-state index in [9.17, 15) is 4.79 Å². The number of anilines is 1. The van der Waals surface area contributed by atoms with Gasteiger partial charge in [-0.15, -0.1) is 0 Å². The van der Waals surface area contributed by atoms with Crippen LogP contribution in [-0.4, -0.2) is 36.1 Å². The summed E-state index contributed by atoms with van der Waals surface area (Å²) in [7, 11) is 1.55. The molecule has 0 bridgehead atoms. The summed E-state index contributed by atoms with van der Waals surface area (Å²) in [6.45, 7) is 3.24. The van der Waals surface area contributed by atoms with Crippen molar-refractivity contribution in [1.29, 1.82) is 0 Å². The third kappa shape index (κ3) is 5.14. The van der Waals surface area contributed by atoms with E-state index in [0.29, 0.717) is 31.3 Å². The van der Waals surface area contributed by atoms with Gasteiger partial charge in [0.1, 0.15) is 0 Å². The Labute approximate surface area is 101 Å². The van der Waals surface area contributed by atoms with Gasteiger partial charge in [-0.1, -0.05) is 6.92 Å². The van der Waals surface area contributed by atoms with Crippen LogP contribution in [0.5, 0.6) is 5.88 Å². The summed E-state index contributed by atoms with van der Waals surface area (Å²) < 4.78 is 4.96. The normalized spacial score (nSPS) is 9.76. The van der Waals surface area contributed by atoms with E-state index in [1.165, 1.54) is 0 Å². The van der Waals surface area contributed by atoms with Gasteiger partial charge in [-0.05, 0) is 6.42 Å². The Hall–Kier alpha value is -1.85. The summed E-state index contributed by atoms with van der Waals surface area (Å²) in [4.78, 5) is 19.4. The first-order valence-corrected chi connectivity index (χ1v) is 5.64. The van der Waals surface area contributed by atoms with E-state index in [4.69, 9.17) is 4.74 Å². The van der Waals surface area contributed by atoms with Crippen LogP contribution >= 0.6 is 0 Å². The SMILES string of the molecule is CCCNC(=O)CCNc1nccc(OC)n1. The van der Waals surface area contributed by atoms with Crippen LogP contribution in [0.4, 0.5) is 5.95 Å². The maximum absolute atomic E-state index is 11.3. The van der Waals surface area contributed by atoms with Crippen molar-refractivity contribution in [2.45, 2.75) is 19.8 Å². The van der Waals surface area contributed by atoms with E-state index in [2.05, 4.69) is 20.6 Å². The minimum Gasteiger partial charge on any atom is -0.481 e. The molecule has 2 N–H and O–H groups in total. The van der Waals surface area contributed by atoms with Gasteiger partial charge in [-0.3, -0.25) is 4.79 Å². The van der Waals surface area contributed by atoms with Gasteiger partial charge in [-0.2, -0.15) is 4.98 Å². The molecule has 94 valence electrons. The molecule has 0 spiro atoms. The Bertz CT molecular complexity index is 357. The summed E-state index contributed by atoms with van der Waals surface area (Å²) in [5.74, 6) is 0.993. The molecule has 0 unspecified atom stereocenters. The van der Waals surface area contributed by atoms with Crippen molar-refractivity contribution in [1.82, 2.24) is 15.3 Å². The number of hydrogen-bond acceptors (Lipinski definition) is 5. The molecule has 17 heavy (non-hydrogen) atoms. The van der Waals surface area contributed by atoms with Gasteiger partial charge in [0, 0.05) is 31.8 Å². The second-order valence-corrected chi connectivity index (χ2v) is 3.45. The second-order valence-electron chi connectivity index (χ2n) is 3.45. The highest BCUT2D eigenvalue weighted by Crippen LogP contribution is 2.06. The van der Waals surface area contributed by atoms with Crippen molar-refractivity contribution in [3.05, 3.63) is 12.3 Å². The molecule has 0 atom stereocenters. The fourth-order valence-corrected chi connectivity index (χ4v) is 1.18. The van der Waals surface area contributed by atoms with Gasteiger partial charge in [0.2, 0.25) is 17.7 Å². The van der Waals surface area contributed by atoms with Crippen molar-refractivity contribution >= 4 is 11.9 Å². The van der Waals surface area contributed by atoms with Crippen molar-refractivity contribution in [2.75, 3.05) is 25.5 Å². The molecule has 6 nitrogen and oxygen atoms in total. The molecule has 6 heteroatoms. The van der Waals surface area contributed by atoms with Gasteiger partial charge in [-0.25, -0.2) is 4.98 Å². The number of carbonyl (C=O) groups is 1. The van der Waals surface area contributed by atoms with E-state index < -0.39 is 0 Å². The fourth-order valence-electron chi connectivity index (χ4n) is 1.18. The Balaban J connectivity index is 2.28. The molecule has 0 radical (unpaired) electrons. The van der Waals surface area contributed by atoms with Crippen LogP contribution in [0, 0.1) is 0 Å². The molecule has 0 aliphatic rings. The summed E-state index contributed by atoms with van der Waals surface area (Å²) in [5.41, 5.74) is 0. The number of amides is 1. The predicted molar refractivity (Wildman–Crippen MR) is 65.0 cm³/mol. The van der Waals surface area contributed by atoms with Gasteiger partial charge >= 0.3 is 0 Å². The maximum atomic E-state index is 11.3. The first kappa shape index (κ1) is 13.2. The molecule has 1 rings (SSSR count). The summed E-state index contributed by atoms with van der Waals surface area (Å²) in [6.07, 6.45) is 2.95. The standard InChI is InChI=1S/C11H18N4O2/c1-3-6-12-9(16)4-7-13-11-14-8-5-10(15-11)17-2/h5,8H,3-4,6-7H2,1-2H3,(H,12,16)(H,13,14,15). The number of nitrogens with one attached hydrogen (secondary N) is 2. The summed E-state index contributed by atoms with van der Waals surface area (Å²) >= 11 is 0. The number of hydrogen-bond donors (Lipinski definition) is 2. The molecule has 0 aliphatic carbocycles. The lowest BCUT2D eigenvalue weighted by molar-refractivity contribution is -0.120. The molecule has 1 aromatic rings. The predicted octanol–water partition coefficient (Wildman–Crippen LogP) is 0.813. The summed E-state index contributed by atoms with van der Waals surface area (Å²) in [5, 5.41) is 5.76. The van der Waals surface area contributed by atoms with E-state index in [-0.39, 0.29) is 5.91 Å². The number of aromatic nitrogens is 2. The quantitative estimate of drug-likeness (QED) is 0.735. The Kier molecular flexibility index (Phi) is 5.77. The largest absolute Gasteiger partial charge is 0.481 e. The average Bonchev–Trinajstić information content (AvgIpc) is 2.36. The molecule has 0 saturated carbocycles. The Morgan fingerprint density at radius 1 is 1.47 bits per heavy atom. The van der Waals surface area contributed by atoms with Crippen LogP contribution in [0.1, 0.15) is 19.8 Å². The highest BCUT2D eigenvalue weighted by Gasteiger charge is 2.01. The minimum atomic E-state index is 0.0299. The van der Waals surface area contributed by atoms with E-state index in [1.54, 1.807) is 19.4 Å². The molecule has 0 aromatic carbocycles. The maximum Gasteiger partial charge on any atom is 0.225 e. The van der Waals surface area contributed by atoms with Gasteiger partial charge < -0.3 is 15.4 Å². The molecule has 0 aliphatic heterocycles. The average molecular weight is 238 g/mol. The first-order valence-electron chi connectivity index (χ1n) is 5.64. The Morgan fingerprint density at radius 3 is 3.00 bits per heavy atom. The monoisotopic (exact) mass is 238 g/mol. The van der Waals surface area contributed by atoms with Crippen molar-refractivity contribution in [2.24, 2.45) is 0 Å².